The Morgan fingerprint density at radius 2 is 1.73 bits per heavy atom. The van der Waals surface area contributed by atoms with Gasteiger partial charge in [-0.15, -0.1) is 0 Å². The number of benzene rings is 3. The van der Waals surface area contributed by atoms with Crippen molar-refractivity contribution >= 4 is 45.2 Å². The number of fused-ring (bicyclic) bond motifs is 4. The Hall–Kier alpha value is -2.85. The fraction of sp³-hybridized carbons (Fsp3) is 0.0909. The summed E-state index contributed by atoms with van der Waals surface area (Å²) in [7, 11) is 2.12. The second kappa shape index (κ2) is 5.58. The number of hydrogen-bond donors (Lipinski definition) is 1. The molecule has 26 heavy (non-hydrogen) atoms. The zero-order valence-corrected chi connectivity index (χ0v) is 15.4. The first-order valence-electron chi connectivity index (χ1n) is 8.57. The van der Waals surface area contributed by atoms with E-state index in [1.807, 2.05) is 12.1 Å². The highest BCUT2D eigenvalue weighted by atomic mass is 32.2. The van der Waals surface area contributed by atoms with Crippen molar-refractivity contribution in [1.29, 1.82) is 0 Å². The van der Waals surface area contributed by atoms with Gasteiger partial charge in [-0.2, -0.15) is 4.57 Å². The van der Waals surface area contributed by atoms with Gasteiger partial charge in [-0.05, 0) is 23.8 Å². The number of pyridine rings is 1. The molecule has 0 bridgehead atoms. The molecule has 3 nitrogen and oxygen atoms in total. The van der Waals surface area contributed by atoms with Gasteiger partial charge in [-0.25, -0.2) is 0 Å². The van der Waals surface area contributed by atoms with E-state index in [4.69, 9.17) is 0 Å². The molecule has 1 amide bonds. The number of carbonyl (C=O) groups is 1. The average Bonchev–Trinajstić information content (AvgIpc) is 2.65. The third kappa shape index (κ3) is 2.09. The first-order chi connectivity index (χ1) is 12.6. The third-order valence-corrected chi connectivity index (χ3v) is 6.15. The van der Waals surface area contributed by atoms with Crippen LogP contribution >= 0.6 is 11.8 Å². The molecule has 0 saturated carbocycles. The van der Waals surface area contributed by atoms with Crippen LogP contribution in [-0.2, 0) is 11.8 Å². The maximum absolute atomic E-state index is 11.7. The molecule has 1 aromatic heterocycles. The lowest BCUT2D eigenvalue weighted by Crippen LogP contribution is -2.30. The van der Waals surface area contributed by atoms with Gasteiger partial charge in [0.2, 0.25) is 16.9 Å². The van der Waals surface area contributed by atoms with Crippen molar-refractivity contribution < 1.29 is 9.36 Å². The van der Waals surface area contributed by atoms with E-state index in [9.17, 15) is 4.79 Å². The van der Waals surface area contributed by atoms with E-state index in [1.54, 1.807) is 18.7 Å². The van der Waals surface area contributed by atoms with Crippen LogP contribution in [0.4, 0.5) is 5.69 Å². The molecule has 1 aliphatic heterocycles. The molecular formula is C22H17N2OS+. The van der Waals surface area contributed by atoms with Gasteiger partial charge in [0.05, 0.1) is 10.8 Å². The number of aromatic nitrogens is 1. The summed E-state index contributed by atoms with van der Waals surface area (Å²) in [5.74, 6) is -0.0505. The minimum Gasteiger partial charge on any atom is -0.326 e. The minimum absolute atomic E-state index is 0.0505. The van der Waals surface area contributed by atoms with Gasteiger partial charge in [0.25, 0.3) is 0 Å². The van der Waals surface area contributed by atoms with E-state index in [0.29, 0.717) is 0 Å². The number of carbonyl (C=O) groups excluding carboxylic acids is 1. The summed E-state index contributed by atoms with van der Waals surface area (Å²) in [5.41, 5.74) is 5.59. The molecule has 4 heteroatoms. The van der Waals surface area contributed by atoms with Gasteiger partial charge < -0.3 is 5.32 Å². The molecule has 0 unspecified atom stereocenters. The molecule has 0 spiro atoms. The summed E-state index contributed by atoms with van der Waals surface area (Å²) in [4.78, 5) is 14.2. The SMILES string of the molecule is CC(=O)Nc1cccc2c1-c1cccc3c1c(c1ccccc1[n+]3C)S2. The summed E-state index contributed by atoms with van der Waals surface area (Å²) < 4.78 is 2.25. The van der Waals surface area contributed by atoms with Crippen molar-refractivity contribution in [2.45, 2.75) is 16.7 Å². The van der Waals surface area contributed by atoms with Crippen LogP contribution in [0, 0.1) is 0 Å². The molecule has 0 radical (unpaired) electrons. The molecule has 1 N–H and O–H groups in total. The van der Waals surface area contributed by atoms with E-state index < -0.39 is 0 Å². The van der Waals surface area contributed by atoms with E-state index >= 15 is 0 Å². The van der Waals surface area contributed by atoms with Gasteiger partial charge in [0.1, 0.15) is 7.05 Å². The third-order valence-electron chi connectivity index (χ3n) is 4.96. The number of aryl methyl sites for hydroxylation is 1. The van der Waals surface area contributed by atoms with Crippen molar-refractivity contribution in [3.05, 3.63) is 60.7 Å². The normalized spacial score (nSPS) is 12.2. The monoisotopic (exact) mass is 357 g/mol. The van der Waals surface area contributed by atoms with E-state index in [2.05, 4.69) is 65.5 Å². The molecule has 5 rings (SSSR count). The predicted molar refractivity (Wildman–Crippen MR) is 106 cm³/mol. The molecule has 0 saturated heterocycles. The summed E-state index contributed by atoms with van der Waals surface area (Å²) in [6.45, 7) is 1.55. The van der Waals surface area contributed by atoms with Crippen LogP contribution in [0.1, 0.15) is 6.92 Å². The second-order valence-electron chi connectivity index (χ2n) is 6.57. The van der Waals surface area contributed by atoms with Gasteiger partial charge in [-0.3, -0.25) is 4.79 Å². The van der Waals surface area contributed by atoms with Gasteiger partial charge in [-0.1, -0.05) is 42.1 Å². The molecule has 0 aliphatic carbocycles. The van der Waals surface area contributed by atoms with Crippen LogP contribution < -0.4 is 9.88 Å². The Balaban J connectivity index is 1.96. The number of rotatable bonds is 1. The lowest BCUT2D eigenvalue weighted by molar-refractivity contribution is -0.617. The number of para-hydroxylation sites is 1. The molecule has 0 fully saturated rings. The molecule has 126 valence electrons. The summed E-state index contributed by atoms with van der Waals surface area (Å²) in [6, 6.07) is 21.1. The molecule has 0 atom stereocenters. The van der Waals surface area contributed by atoms with E-state index in [-0.39, 0.29) is 5.91 Å². The number of hydrogen-bond acceptors (Lipinski definition) is 2. The van der Waals surface area contributed by atoms with Crippen LogP contribution in [0.2, 0.25) is 0 Å². The minimum atomic E-state index is -0.0505. The topological polar surface area (TPSA) is 33.0 Å². The summed E-state index contributed by atoms with van der Waals surface area (Å²) in [6.07, 6.45) is 0. The molecule has 3 aromatic carbocycles. The maximum atomic E-state index is 11.7. The van der Waals surface area contributed by atoms with E-state index in [1.165, 1.54) is 37.2 Å². The Morgan fingerprint density at radius 1 is 0.962 bits per heavy atom. The number of anilines is 1. The first kappa shape index (κ1) is 15.4. The number of nitrogens with zero attached hydrogens (tertiary/aromatic N) is 1. The van der Waals surface area contributed by atoms with Crippen molar-refractivity contribution in [3.63, 3.8) is 0 Å². The second-order valence-corrected chi connectivity index (χ2v) is 7.62. The maximum Gasteiger partial charge on any atom is 0.221 e. The highest BCUT2D eigenvalue weighted by molar-refractivity contribution is 8.00. The molecule has 1 aliphatic rings. The Kier molecular flexibility index (Phi) is 3.31. The lowest BCUT2D eigenvalue weighted by atomic mass is 9.96. The lowest BCUT2D eigenvalue weighted by Gasteiger charge is -2.22. The molecule has 4 aromatic rings. The highest BCUT2D eigenvalue weighted by Crippen LogP contribution is 2.51. The predicted octanol–water partition coefficient (Wildman–Crippen LogP) is 4.91. The zero-order chi connectivity index (χ0) is 17.8. The van der Waals surface area contributed by atoms with Crippen LogP contribution in [0.3, 0.4) is 0 Å². The van der Waals surface area contributed by atoms with Crippen LogP contribution in [0.15, 0.2) is 70.5 Å². The van der Waals surface area contributed by atoms with Crippen molar-refractivity contribution in [1.82, 2.24) is 0 Å². The van der Waals surface area contributed by atoms with Crippen molar-refractivity contribution in [2.75, 3.05) is 5.32 Å². The summed E-state index contributed by atoms with van der Waals surface area (Å²) >= 11 is 1.79. The average molecular weight is 357 g/mol. The smallest absolute Gasteiger partial charge is 0.221 e. The van der Waals surface area contributed by atoms with E-state index in [0.717, 1.165) is 11.3 Å². The number of amides is 1. The number of nitrogens with one attached hydrogen (secondary N) is 1. The Labute approximate surface area is 155 Å². The molecular weight excluding hydrogens is 340 g/mol. The standard InChI is InChI=1S/C22H16N2OS/c1-13(25)23-16-9-6-12-19-20(16)15-8-5-11-18-21(15)22(26-19)14-7-3-4-10-17(14)24(18)2/h3-12H,1-2H3/p+1. The van der Waals surface area contributed by atoms with Crippen molar-refractivity contribution in [2.24, 2.45) is 7.05 Å². The first-order valence-corrected chi connectivity index (χ1v) is 9.39. The largest absolute Gasteiger partial charge is 0.326 e. The highest BCUT2D eigenvalue weighted by Gasteiger charge is 2.28. The van der Waals surface area contributed by atoms with Crippen molar-refractivity contribution in [3.8, 4) is 11.1 Å². The summed E-state index contributed by atoms with van der Waals surface area (Å²) in [5, 5.41) is 5.51. The van der Waals surface area contributed by atoms with Gasteiger partial charge in [0, 0.05) is 40.1 Å². The molecule has 2 heterocycles. The fourth-order valence-corrected chi connectivity index (χ4v) is 5.18. The fourth-order valence-electron chi connectivity index (χ4n) is 3.89. The van der Waals surface area contributed by atoms with Crippen LogP contribution in [0.5, 0.6) is 0 Å². The van der Waals surface area contributed by atoms with Crippen LogP contribution in [0.25, 0.3) is 32.9 Å². The Bertz CT molecular complexity index is 1230. The quantitative estimate of drug-likeness (QED) is 0.342. The van der Waals surface area contributed by atoms with Gasteiger partial charge >= 0.3 is 0 Å². The Morgan fingerprint density at radius 3 is 2.58 bits per heavy atom. The van der Waals surface area contributed by atoms with Crippen LogP contribution in [-0.4, -0.2) is 5.91 Å². The zero-order valence-electron chi connectivity index (χ0n) is 14.5. The van der Waals surface area contributed by atoms with Gasteiger partial charge in [0.15, 0.2) is 0 Å².